The highest BCUT2D eigenvalue weighted by Gasteiger charge is 2.17. The van der Waals surface area contributed by atoms with Gasteiger partial charge in [0.1, 0.15) is 5.78 Å². The minimum absolute atomic E-state index is 0. The molecule has 0 spiro atoms. The number of nitrogens with zero attached hydrogens (tertiary/aromatic N) is 1. The van der Waals surface area contributed by atoms with Crippen molar-refractivity contribution >= 4 is 18.2 Å². The normalized spacial score (nSPS) is 16.5. The fourth-order valence-electron chi connectivity index (χ4n) is 3.22. The molecule has 1 aliphatic heterocycles. The Bertz CT molecular complexity index is 464. The predicted octanol–water partition coefficient (Wildman–Crippen LogP) is 4.15. The highest BCUT2D eigenvalue weighted by molar-refractivity contribution is 5.85. The van der Waals surface area contributed by atoms with E-state index < -0.39 is 0 Å². The first kappa shape index (κ1) is 19.2. The maximum absolute atomic E-state index is 12.0. The number of hydrogen-bond donors (Lipinski definition) is 0. The highest BCUT2D eigenvalue weighted by atomic mass is 35.5. The van der Waals surface area contributed by atoms with E-state index in [9.17, 15) is 4.79 Å². The van der Waals surface area contributed by atoms with Gasteiger partial charge in [-0.05, 0) is 62.4 Å². The summed E-state index contributed by atoms with van der Waals surface area (Å²) < 4.78 is 0. The molecular formula is C19H30ClNO. The van der Waals surface area contributed by atoms with Gasteiger partial charge < -0.3 is 4.90 Å². The van der Waals surface area contributed by atoms with E-state index in [1.54, 1.807) is 0 Å². The van der Waals surface area contributed by atoms with Gasteiger partial charge in [0.15, 0.2) is 0 Å². The van der Waals surface area contributed by atoms with Crippen molar-refractivity contribution in [2.45, 2.75) is 46.0 Å². The van der Waals surface area contributed by atoms with Crippen LogP contribution in [0.3, 0.4) is 0 Å². The van der Waals surface area contributed by atoms with Crippen molar-refractivity contribution in [2.75, 3.05) is 20.1 Å². The molecule has 2 nitrogen and oxygen atoms in total. The number of carbonyl (C=O) groups excluding carboxylic acids is 1. The van der Waals surface area contributed by atoms with Crippen LogP contribution in [0.4, 0.5) is 0 Å². The van der Waals surface area contributed by atoms with Crippen molar-refractivity contribution in [1.29, 1.82) is 0 Å². The molecule has 0 unspecified atom stereocenters. The summed E-state index contributed by atoms with van der Waals surface area (Å²) in [5.41, 5.74) is 2.59. The van der Waals surface area contributed by atoms with Crippen molar-refractivity contribution in [3.63, 3.8) is 0 Å². The molecule has 3 heteroatoms. The highest BCUT2D eigenvalue weighted by Crippen LogP contribution is 2.21. The molecule has 0 atom stereocenters. The van der Waals surface area contributed by atoms with E-state index in [1.165, 1.54) is 43.5 Å². The number of carbonyl (C=O) groups is 1. The van der Waals surface area contributed by atoms with Gasteiger partial charge in [-0.25, -0.2) is 0 Å². The molecular weight excluding hydrogens is 294 g/mol. The molecule has 2 rings (SSSR count). The number of rotatable bonds is 6. The maximum Gasteiger partial charge on any atom is 0.137 e. The Morgan fingerprint density at radius 2 is 1.86 bits per heavy atom. The summed E-state index contributed by atoms with van der Waals surface area (Å²) in [4.78, 5) is 14.4. The van der Waals surface area contributed by atoms with E-state index in [0.29, 0.717) is 24.5 Å². The summed E-state index contributed by atoms with van der Waals surface area (Å²) in [6, 6.07) is 8.67. The summed E-state index contributed by atoms with van der Waals surface area (Å²) in [5, 5.41) is 0. The van der Waals surface area contributed by atoms with Gasteiger partial charge in [0.2, 0.25) is 0 Å². The van der Waals surface area contributed by atoms with E-state index in [1.807, 2.05) is 0 Å². The second-order valence-corrected chi connectivity index (χ2v) is 7.08. The Labute approximate surface area is 141 Å². The number of piperidine rings is 1. The molecule has 0 aliphatic carbocycles. The first-order chi connectivity index (χ1) is 10.0. The Morgan fingerprint density at radius 3 is 2.50 bits per heavy atom. The van der Waals surface area contributed by atoms with Crippen LogP contribution in [0, 0.1) is 11.8 Å². The molecule has 1 fully saturated rings. The zero-order chi connectivity index (χ0) is 15.2. The molecule has 124 valence electrons. The number of hydrogen-bond acceptors (Lipinski definition) is 2. The lowest BCUT2D eigenvalue weighted by atomic mass is 9.89. The average Bonchev–Trinajstić information content (AvgIpc) is 2.41. The van der Waals surface area contributed by atoms with E-state index >= 15 is 0 Å². The topological polar surface area (TPSA) is 20.3 Å². The zero-order valence-corrected chi connectivity index (χ0v) is 15.0. The smallest absolute Gasteiger partial charge is 0.137 e. The third-order valence-corrected chi connectivity index (χ3v) is 4.39. The van der Waals surface area contributed by atoms with Gasteiger partial charge in [-0.2, -0.15) is 0 Å². The number of ketones is 1. The quantitative estimate of drug-likeness (QED) is 0.783. The molecule has 0 aromatic heterocycles. The lowest BCUT2D eigenvalue weighted by Crippen LogP contribution is -2.30. The van der Waals surface area contributed by atoms with Crippen molar-refractivity contribution < 1.29 is 4.79 Å². The van der Waals surface area contributed by atoms with Crippen LogP contribution in [0.2, 0.25) is 0 Å². The number of benzene rings is 1. The Hall–Kier alpha value is -0.860. The second-order valence-electron chi connectivity index (χ2n) is 7.08. The van der Waals surface area contributed by atoms with E-state index in [0.717, 1.165) is 5.92 Å². The van der Waals surface area contributed by atoms with Crippen LogP contribution >= 0.6 is 12.4 Å². The van der Waals surface area contributed by atoms with Crippen molar-refractivity contribution in [3.05, 3.63) is 35.4 Å². The maximum atomic E-state index is 12.0. The lowest BCUT2D eigenvalue weighted by molar-refractivity contribution is -0.119. The lowest BCUT2D eigenvalue weighted by Gasteiger charge is -2.29. The molecule has 0 saturated carbocycles. The summed E-state index contributed by atoms with van der Waals surface area (Å²) >= 11 is 0. The Kier molecular flexibility index (Phi) is 8.13. The summed E-state index contributed by atoms with van der Waals surface area (Å²) in [7, 11) is 2.21. The molecule has 1 aromatic rings. The standard InChI is InChI=1S/C19H29NO.ClH/c1-15(2)11-19(21)14-18-6-4-5-17(13-18)12-16-7-9-20(3)10-8-16;/h4-6,13,15-16H,7-12,14H2,1-3H3;1H. The van der Waals surface area contributed by atoms with Crippen LogP contribution in [0.25, 0.3) is 0 Å². The van der Waals surface area contributed by atoms with Crippen LogP contribution in [0.5, 0.6) is 0 Å². The van der Waals surface area contributed by atoms with Gasteiger partial charge in [-0.15, -0.1) is 12.4 Å². The van der Waals surface area contributed by atoms with Gasteiger partial charge in [0, 0.05) is 12.8 Å². The van der Waals surface area contributed by atoms with Crippen LogP contribution in [-0.2, 0) is 17.6 Å². The molecule has 0 amide bonds. The van der Waals surface area contributed by atoms with Crippen molar-refractivity contribution in [3.8, 4) is 0 Å². The molecule has 1 saturated heterocycles. The summed E-state index contributed by atoms with van der Waals surface area (Å²) in [5.74, 6) is 1.63. The fraction of sp³-hybridized carbons (Fsp3) is 0.632. The monoisotopic (exact) mass is 323 g/mol. The fourth-order valence-corrected chi connectivity index (χ4v) is 3.22. The molecule has 0 bridgehead atoms. The molecule has 0 N–H and O–H groups in total. The first-order valence-corrected chi connectivity index (χ1v) is 8.31. The number of Topliss-reactive ketones (excluding diaryl/α,β-unsaturated/α-hetero) is 1. The molecule has 1 heterocycles. The molecule has 22 heavy (non-hydrogen) atoms. The second kappa shape index (κ2) is 9.32. The summed E-state index contributed by atoms with van der Waals surface area (Å²) in [6.45, 7) is 6.65. The van der Waals surface area contributed by atoms with E-state index in [4.69, 9.17) is 0 Å². The van der Waals surface area contributed by atoms with Gasteiger partial charge in [-0.3, -0.25) is 4.79 Å². The number of likely N-dealkylation sites (tertiary alicyclic amines) is 1. The van der Waals surface area contributed by atoms with Gasteiger partial charge in [-0.1, -0.05) is 38.1 Å². The molecule has 1 aliphatic rings. The molecule has 1 aromatic carbocycles. The zero-order valence-electron chi connectivity index (χ0n) is 14.2. The first-order valence-electron chi connectivity index (χ1n) is 8.31. The third kappa shape index (κ3) is 6.50. The van der Waals surface area contributed by atoms with Gasteiger partial charge in [0.25, 0.3) is 0 Å². The summed E-state index contributed by atoms with van der Waals surface area (Å²) in [6.07, 6.45) is 5.05. The van der Waals surface area contributed by atoms with Crippen LogP contribution in [-0.4, -0.2) is 30.8 Å². The number of halogens is 1. The largest absolute Gasteiger partial charge is 0.306 e. The van der Waals surface area contributed by atoms with Gasteiger partial charge in [0.05, 0.1) is 0 Å². The predicted molar refractivity (Wildman–Crippen MR) is 95.8 cm³/mol. The Morgan fingerprint density at radius 1 is 1.23 bits per heavy atom. The van der Waals surface area contributed by atoms with Crippen molar-refractivity contribution in [2.24, 2.45) is 11.8 Å². The average molecular weight is 324 g/mol. The van der Waals surface area contributed by atoms with Crippen molar-refractivity contribution in [1.82, 2.24) is 4.90 Å². The molecule has 0 radical (unpaired) electrons. The Balaban J connectivity index is 0.00000242. The third-order valence-electron chi connectivity index (χ3n) is 4.39. The minimum atomic E-state index is 0. The van der Waals surface area contributed by atoms with E-state index in [-0.39, 0.29) is 12.4 Å². The van der Waals surface area contributed by atoms with Crippen LogP contribution in [0.1, 0.15) is 44.2 Å². The van der Waals surface area contributed by atoms with Gasteiger partial charge >= 0.3 is 0 Å². The van der Waals surface area contributed by atoms with Crippen LogP contribution < -0.4 is 0 Å². The minimum Gasteiger partial charge on any atom is -0.306 e. The SMILES string of the molecule is CC(C)CC(=O)Cc1cccc(CC2CCN(C)CC2)c1.Cl. The van der Waals surface area contributed by atoms with Crippen LogP contribution in [0.15, 0.2) is 24.3 Å². The van der Waals surface area contributed by atoms with E-state index in [2.05, 4.69) is 50.1 Å².